The second kappa shape index (κ2) is 4.61. The van der Waals surface area contributed by atoms with Crippen LogP contribution in [0.3, 0.4) is 0 Å². The molecule has 0 atom stereocenters. The number of ketones is 1. The molecule has 0 spiro atoms. The zero-order valence-corrected chi connectivity index (χ0v) is 8.82. The fraction of sp³-hybridized carbons (Fsp3) is 0.250. The Morgan fingerprint density at radius 3 is 2.29 bits per heavy atom. The quantitative estimate of drug-likeness (QED) is 0.681. The minimum absolute atomic E-state index is 0.0743. The summed E-state index contributed by atoms with van der Waals surface area (Å²) >= 11 is 0. The second-order valence-corrected chi connectivity index (χ2v) is 3.29. The number of rotatable bonds is 3. The van der Waals surface area contributed by atoms with Crippen LogP contribution in [0.4, 0.5) is 5.69 Å². The largest absolute Gasteiger partial charge is 0.348 e. The highest BCUT2D eigenvalue weighted by Crippen LogP contribution is 2.15. The molecule has 0 aliphatic heterocycles. The van der Waals surface area contributed by atoms with E-state index in [-0.39, 0.29) is 5.78 Å². The summed E-state index contributed by atoms with van der Waals surface area (Å²) < 4.78 is 0. The first-order valence-corrected chi connectivity index (χ1v) is 4.59. The number of nitrogens with zero attached hydrogens (tertiary/aromatic N) is 1. The van der Waals surface area contributed by atoms with Gasteiger partial charge in [0.05, 0.1) is 0 Å². The number of para-hydroxylation sites is 1. The first-order chi connectivity index (χ1) is 6.61. The molecule has 1 aromatic rings. The van der Waals surface area contributed by atoms with Crippen molar-refractivity contribution in [1.82, 2.24) is 0 Å². The molecule has 0 heterocycles. The molecular weight excluding hydrogens is 174 g/mol. The summed E-state index contributed by atoms with van der Waals surface area (Å²) in [6, 6.07) is 9.95. The maximum atomic E-state index is 10.9. The normalized spacial score (nSPS) is 11.2. The lowest BCUT2D eigenvalue weighted by Crippen LogP contribution is -2.14. The van der Waals surface area contributed by atoms with E-state index in [1.165, 1.54) is 0 Å². The third kappa shape index (κ3) is 2.73. The van der Waals surface area contributed by atoms with Gasteiger partial charge in [-0.2, -0.15) is 0 Å². The van der Waals surface area contributed by atoms with Crippen molar-refractivity contribution < 1.29 is 4.79 Å². The Morgan fingerprint density at radius 1 is 1.21 bits per heavy atom. The van der Waals surface area contributed by atoms with Gasteiger partial charge in [0.15, 0.2) is 5.78 Å². The van der Waals surface area contributed by atoms with Gasteiger partial charge in [-0.15, -0.1) is 0 Å². The molecular formula is C12H15NO. The van der Waals surface area contributed by atoms with Crippen molar-refractivity contribution in [2.75, 3.05) is 11.9 Å². The van der Waals surface area contributed by atoms with Gasteiger partial charge in [-0.25, -0.2) is 0 Å². The lowest BCUT2D eigenvalue weighted by molar-refractivity contribution is -0.112. The standard InChI is InChI=1S/C12H15NO/c1-10(9-11(2)14)13(3)12-7-5-4-6-8-12/h4-9H,1-3H3/b10-9+. The molecule has 0 N–H and O–H groups in total. The predicted molar refractivity (Wildman–Crippen MR) is 59.3 cm³/mol. The number of anilines is 1. The molecule has 0 saturated heterocycles. The Morgan fingerprint density at radius 2 is 1.79 bits per heavy atom. The van der Waals surface area contributed by atoms with Crippen molar-refractivity contribution in [3.05, 3.63) is 42.1 Å². The van der Waals surface area contributed by atoms with Gasteiger partial charge in [0.2, 0.25) is 0 Å². The maximum absolute atomic E-state index is 10.9. The van der Waals surface area contributed by atoms with Gasteiger partial charge in [-0.05, 0) is 32.1 Å². The summed E-state index contributed by atoms with van der Waals surface area (Å²) in [4.78, 5) is 12.9. The van der Waals surface area contributed by atoms with Crippen LogP contribution in [-0.4, -0.2) is 12.8 Å². The summed E-state index contributed by atoms with van der Waals surface area (Å²) in [6.45, 7) is 3.48. The molecule has 14 heavy (non-hydrogen) atoms. The maximum Gasteiger partial charge on any atom is 0.154 e. The third-order valence-corrected chi connectivity index (χ3v) is 2.08. The lowest BCUT2D eigenvalue weighted by atomic mass is 10.2. The topological polar surface area (TPSA) is 20.3 Å². The second-order valence-electron chi connectivity index (χ2n) is 3.29. The molecule has 2 heteroatoms. The van der Waals surface area contributed by atoms with Gasteiger partial charge in [0.1, 0.15) is 0 Å². The van der Waals surface area contributed by atoms with Crippen molar-refractivity contribution in [1.29, 1.82) is 0 Å². The molecule has 1 aromatic carbocycles. The first kappa shape index (κ1) is 10.5. The van der Waals surface area contributed by atoms with Gasteiger partial charge in [0, 0.05) is 18.4 Å². The Kier molecular flexibility index (Phi) is 3.46. The fourth-order valence-corrected chi connectivity index (χ4v) is 1.25. The van der Waals surface area contributed by atoms with E-state index in [9.17, 15) is 4.79 Å². The van der Waals surface area contributed by atoms with E-state index >= 15 is 0 Å². The molecule has 0 aliphatic rings. The third-order valence-electron chi connectivity index (χ3n) is 2.08. The highest BCUT2D eigenvalue weighted by Gasteiger charge is 2.01. The predicted octanol–water partition coefficient (Wildman–Crippen LogP) is 2.62. The lowest BCUT2D eigenvalue weighted by Gasteiger charge is -2.19. The average molecular weight is 189 g/mol. The van der Waals surface area contributed by atoms with E-state index in [1.54, 1.807) is 13.0 Å². The van der Waals surface area contributed by atoms with Crippen molar-refractivity contribution in [3.63, 3.8) is 0 Å². The van der Waals surface area contributed by atoms with E-state index in [0.717, 1.165) is 11.4 Å². The van der Waals surface area contributed by atoms with Crippen LogP contribution in [0.1, 0.15) is 13.8 Å². The molecule has 0 radical (unpaired) electrons. The van der Waals surface area contributed by atoms with Crippen LogP contribution in [-0.2, 0) is 4.79 Å². The summed E-state index contributed by atoms with van der Waals surface area (Å²) in [5.41, 5.74) is 2.03. The Hall–Kier alpha value is -1.57. The van der Waals surface area contributed by atoms with Crippen molar-refractivity contribution in [3.8, 4) is 0 Å². The van der Waals surface area contributed by atoms with Gasteiger partial charge in [-0.3, -0.25) is 4.79 Å². The van der Waals surface area contributed by atoms with Crippen molar-refractivity contribution in [2.45, 2.75) is 13.8 Å². The van der Waals surface area contributed by atoms with E-state index in [2.05, 4.69) is 0 Å². The molecule has 74 valence electrons. The van der Waals surface area contributed by atoms with Gasteiger partial charge < -0.3 is 4.90 Å². The zero-order valence-electron chi connectivity index (χ0n) is 8.82. The number of hydrogen-bond acceptors (Lipinski definition) is 2. The highest BCUT2D eigenvalue weighted by atomic mass is 16.1. The molecule has 0 bridgehead atoms. The molecule has 0 saturated carbocycles. The molecule has 0 amide bonds. The van der Waals surface area contributed by atoms with Crippen molar-refractivity contribution >= 4 is 11.5 Å². The monoisotopic (exact) mass is 189 g/mol. The van der Waals surface area contributed by atoms with Crippen molar-refractivity contribution in [2.24, 2.45) is 0 Å². The van der Waals surface area contributed by atoms with Gasteiger partial charge >= 0.3 is 0 Å². The summed E-state index contributed by atoms with van der Waals surface area (Å²) in [6.07, 6.45) is 1.63. The van der Waals surface area contributed by atoms with Crippen LogP contribution in [0.15, 0.2) is 42.1 Å². The molecule has 0 aromatic heterocycles. The average Bonchev–Trinajstić information content (AvgIpc) is 2.17. The van der Waals surface area contributed by atoms with E-state index in [0.29, 0.717) is 0 Å². The first-order valence-electron chi connectivity index (χ1n) is 4.59. The number of benzene rings is 1. The van der Waals surface area contributed by atoms with Gasteiger partial charge in [-0.1, -0.05) is 18.2 Å². The zero-order chi connectivity index (χ0) is 10.6. The van der Waals surface area contributed by atoms with E-state index < -0.39 is 0 Å². The number of allylic oxidation sites excluding steroid dienone is 2. The van der Waals surface area contributed by atoms with E-state index in [4.69, 9.17) is 0 Å². The number of carbonyl (C=O) groups excluding carboxylic acids is 1. The van der Waals surface area contributed by atoms with E-state index in [1.807, 2.05) is 49.2 Å². The molecule has 2 nitrogen and oxygen atoms in total. The van der Waals surface area contributed by atoms with Crippen LogP contribution in [0.25, 0.3) is 0 Å². The number of carbonyl (C=O) groups is 1. The van der Waals surface area contributed by atoms with Crippen LogP contribution < -0.4 is 4.90 Å². The summed E-state index contributed by atoms with van der Waals surface area (Å²) in [5, 5.41) is 0. The van der Waals surface area contributed by atoms with Crippen LogP contribution in [0.5, 0.6) is 0 Å². The SMILES string of the molecule is CC(=O)/C=C(\C)N(C)c1ccccc1. The minimum Gasteiger partial charge on any atom is -0.348 e. The summed E-state index contributed by atoms with van der Waals surface area (Å²) in [7, 11) is 1.95. The molecule has 0 aliphatic carbocycles. The Bertz CT molecular complexity index is 341. The molecule has 0 fully saturated rings. The Labute approximate surface area is 84.9 Å². The van der Waals surface area contributed by atoms with Gasteiger partial charge in [0.25, 0.3) is 0 Å². The smallest absolute Gasteiger partial charge is 0.154 e. The highest BCUT2D eigenvalue weighted by molar-refractivity contribution is 5.88. The van der Waals surface area contributed by atoms with Crippen LogP contribution in [0, 0.1) is 0 Å². The Balaban J connectivity index is 2.86. The molecule has 0 unspecified atom stereocenters. The van der Waals surface area contributed by atoms with Crippen LogP contribution >= 0.6 is 0 Å². The minimum atomic E-state index is 0.0743. The molecule has 1 rings (SSSR count). The van der Waals surface area contributed by atoms with Crippen LogP contribution in [0.2, 0.25) is 0 Å². The summed E-state index contributed by atoms with van der Waals surface area (Å²) in [5.74, 6) is 0.0743. The fourth-order valence-electron chi connectivity index (χ4n) is 1.25. The number of hydrogen-bond donors (Lipinski definition) is 0.